The van der Waals surface area contributed by atoms with Gasteiger partial charge < -0.3 is 19.8 Å². The van der Waals surface area contributed by atoms with Gasteiger partial charge in [-0.15, -0.1) is 11.3 Å². The van der Waals surface area contributed by atoms with Crippen molar-refractivity contribution >= 4 is 23.5 Å². The largest absolute Gasteiger partial charge is 0.492 e. The van der Waals surface area contributed by atoms with Gasteiger partial charge >= 0.3 is 12.0 Å². The highest BCUT2D eigenvalue weighted by Crippen LogP contribution is 2.38. The predicted octanol–water partition coefficient (Wildman–Crippen LogP) is 2.64. The van der Waals surface area contributed by atoms with Crippen LogP contribution in [0.2, 0.25) is 0 Å². The molecule has 1 fully saturated rings. The SMILES string of the molecule is CN1CCN(CCOc2cccc(/C=C/c3cnc(C(O)(O)C(F)(F)F)s3)c2)CC1. The number of thiazole rings is 1. The Balaban J connectivity index is 1.56. The van der Waals surface area contributed by atoms with E-state index in [4.69, 9.17) is 4.74 Å². The van der Waals surface area contributed by atoms with Crippen molar-refractivity contribution in [2.24, 2.45) is 0 Å². The molecular weight excluding hydrogens is 419 g/mol. The summed E-state index contributed by atoms with van der Waals surface area (Å²) < 4.78 is 43.9. The number of piperazine rings is 1. The molecule has 0 radical (unpaired) electrons. The molecule has 1 aliphatic heterocycles. The summed E-state index contributed by atoms with van der Waals surface area (Å²) in [4.78, 5) is 8.50. The minimum absolute atomic E-state index is 0.364. The number of rotatable bonds is 7. The first-order chi connectivity index (χ1) is 14.1. The summed E-state index contributed by atoms with van der Waals surface area (Å²) in [6.45, 7) is 5.57. The van der Waals surface area contributed by atoms with E-state index in [1.54, 1.807) is 12.2 Å². The molecule has 2 aromatic rings. The lowest BCUT2D eigenvalue weighted by Gasteiger charge is -2.32. The molecule has 1 aromatic heterocycles. The van der Waals surface area contributed by atoms with Crippen LogP contribution in [0, 0.1) is 0 Å². The van der Waals surface area contributed by atoms with Crippen molar-refractivity contribution in [1.82, 2.24) is 14.8 Å². The Morgan fingerprint density at radius 2 is 1.90 bits per heavy atom. The molecule has 0 amide bonds. The lowest BCUT2D eigenvalue weighted by molar-refractivity contribution is -0.358. The molecular formula is C20H24F3N3O3S. The fourth-order valence-corrected chi connectivity index (χ4v) is 3.72. The zero-order chi connectivity index (χ0) is 21.8. The van der Waals surface area contributed by atoms with Crippen molar-refractivity contribution < 1.29 is 28.1 Å². The fourth-order valence-electron chi connectivity index (χ4n) is 2.90. The Hall–Kier alpha value is -1.98. The van der Waals surface area contributed by atoms with Gasteiger partial charge in [-0.1, -0.05) is 18.2 Å². The Morgan fingerprint density at radius 3 is 2.60 bits per heavy atom. The zero-order valence-electron chi connectivity index (χ0n) is 16.5. The third-order valence-electron chi connectivity index (χ3n) is 4.79. The molecule has 0 unspecified atom stereocenters. The average Bonchev–Trinajstić information content (AvgIpc) is 3.17. The summed E-state index contributed by atoms with van der Waals surface area (Å²) >= 11 is 0.562. The number of aromatic nitrogens is 1. The van der Waals surface area contributed by atoms with E-state index in [0.717, 1.165) is 38.3 Å². The second-order valence-electron chi connectivity index (χ2n) is 7.14. The molecule has 0 aliphatic carbocycles. The number of alkyl halides is 3. The second-order valence-corrected chi connectivity index (χ2v) is 8.20. The van der Waals surface area contributed by atoms with E-state index in [0.29, 0.717) is 28.6 Å². The molecule has 30 heavy (non-hydrogen) atoms. The van der Waals surface area contributed by atoms with Crippen molar-refractivity contribution in [2.45, 2.75) is 12.0 Å². The first kappa shape index (κ1) is 22.7. The number of likely N-dealkylation sites (N-methyl/N-ethyl adjacent to an activating group) is 1. The molecule has 164 valence electrons. The first-order valence-corrected chi connectivity index (χ1v) is 10.3. The summed E-state index contributed by atoms with van der Waals surface area (Å²) in [5.41, 5.74) is 0.803. The van der Waals surface area contributed by atoms with E-state index in [-0.39, 0.29) is 0 Å². The van der Waals surface area contributed by atoms with Crippen LogP contribution >= 0.6 is 11.3 Å². The van der Waals surface area contributed by atoms with E-state index in [9.17, 15) is 23.4 Å². The number of ether oxygens (including phenoxy) is 1. The van der Waals surface area contributed by atoms with Crippen LogP contribution in [0.3, 0.4) is 0 Å². The summed E-state index contributed by atoms with van der Waals surface area (Å²) in [7, 11) is 2.11. The monoisotopic (exact) mass is 443 g/mol. The van der Waals surface area contributed by atoms with Crippen LogP contribution in [0.1, 0.15) is 15.4 Å². The fraction of sp³-hybridized carbons (Fsp3) is 0.450. The highest BCUT2D eigenvalue weighted by atomic mass is 32.1. The number of hydrogen-bond acceptors (Lipinski definition) is 7. The maximum Gasteiger partial charge on any atom is 0.450 e. The van der Waals surface area contributed by atoms with Gasteiger partial charge in [0.15, 0.2) is 5.01 Å². The molecule has 0 atom stereocenters. The van der Waals surface area contributed by atoms with Gasteiger partial charge in [0.2, 0.25) is 0 Å². The van der Waals surface area contributed by atoms with E-state index < -0.39 is 17.0 Å². The number of halogens is 3. The van der Waals surface area contributed by atoms with Crippen LogP contribution < -0.4 is 4.74 Å². The minimum Gasteiger partial charge on any atom is -0.492 e. The predicted molar refractivity (Wildman–Crippen MR) is 109 cm³/mol. The van der Waals surface area contributed by atoms with Crippen molar-refractivity contribution in [3.05, 3.63) is 45.9 Å². The third-order valence-corrected chi connectivity index (χ3v) is 5.85. The van der Waals surface area contributed by atoms with E-state index in [1.165, 1.54) is 6.20 Å². The van der Waals surface area contributed by atoms with Gasteiger partial charge in [0.25, 0.3) is 0 Å². The maximum atomic E-state index is 12.7. The van der Waals surface area contributed by atoms with E-state index in [2.05, 4.69) is 21.8 Å². The summed E-state index contributed by atoms with van der Waals surface area (Å²) in [6, 6.07) is 7.35. The van der Waals surface area contributed by atoms with Crippen molar-refractivity contribution in [3.63, 3.8) is 0 Å². The smallest absolute Gasteiger partial charge is 0.450 e. The third kappa shape index (κ3) is 5.79. The summed E-state index contributed by atoms with van der Waals surface area (Å²) in [6.07, 6.45) is -0.785. The van der Waals surface area contributed by atoms with Gasteiger partial charge in [-0.3, -0.25) is 4.90 Å². The highest BCUT2D eigenvalue weighted by molar-refractivity contribution is 7.12. The molecule has 1 aromatic carbocycles. The molecule has 3 rings (SSSR count). The molecule has 6 nitrogen and oxygen atoms in total. The van der Waals surface area contributed by atoms with Crippen molar-refractivity contribution in [3.8, 4) is 5.75 Å². The van der Waals surface area contributed by atoms with Gasteiger partial charge in [-0.2, -0.15) is 13.2 Å². The molecule has 2 N–H and O–H groups in total. The molecule has 0 saturated carbocycles. The first-order valence-electron chi connectivity index (χ1n) is 9.45. The van der Waals surface area contributed by atoms with Crippen LogP contribution in [-0.4, -0.2) is 77.6 Å². The number of aliphatic hydroxyl groups is 2. The van der Waals surface area contributed by atoms with Crippen molar-refractivity contribution in [1.29, 1.82) is 0 Å². The zero-order valence-corrected chi connectivity index (χ0v) is 17.3. The van der Waals surface area contributed by atoms with Gasteiger partial charge in [0.05, 0.1) is 0 Å². The highest BCUT2D eigenvalue weighted by Gasteiger charge is 2.56. The lowest BCUT2D eigenvalue weighted by Crippen LogP contribution is -2.45. The Bertz CT molecular complexity index is 862. The van der Waals surface area contributed by atoms with Gasteiger partial charge in [-0.25, -0.2) is 4.98 Å². The second kappa shape index (κ2) is 9.44. The number of benzene rings is 1. The molecule has 10 heteroatoms. The normalized spacial score (nSPS) is 17.0. The topological polar surface area (TPSA) is 69.1 Å². The van der Waals surface area contributed by atoms with Crippen LogP contribution in [0.5, 0.6) is 5.75 Å². The molecule has 1 saturated heterocycles. The molecule has 0 bridgehead atoms. The average molecular weight is 443 g/mol. The van der Waals surface area contributed by atoms with Crippen LogP contribution in [0.25, 0.3) is 12.2 Å². The van der Waals surface area contributed by atoms with Crippen LogP contribution in [-0.2, 0) is 5.79 Å². The van der Waals surface area contributed by atoms with Crippen LogP contribution in [0.15, 0.2) is 30.5 Å². The maximum absolute atomic E-state index is 12.7. The van der Waals surface area contributed by atoms with Crippen LogP contribution in [0.4, 0.5) is 13.2 Å². The lowest BCUT2D eigenvalue weighted by atomic mass is 10.2. The Morgan fingerprint density at radius 1 is 1.17 bits per heavy atom. The molecule has 2 heterocycles. The standard InChI is InChI=1S/C20H24F3N3O3S/c1-25-7-9-26(10-8-25)11-12-29-16-4-2-3-15(13-16)5-6-17-14-24-18(30-17)19(27,28)20(21,22)23/h2-6,13-14,27-28H,7-12H2,1H3/b6-5+. The van der Waals surface area contributed by atoms with Gasteiger partial charge in [-0.05, 0) is 30.8 Å². The van der Waals surface area contributed by atoms with Gasteiger partial charge in [0, 0.05) is 43.8 Å². The summed E-state index contributed by atoms with van der Waals surface area (Å²) in [5.74, 6) is -3.25. The minimum atomic E-state index is -5.22. The summed E-state index contributed by atoms with van der Waals surface area (Å²) in [5, 5.41) is 17.7. The molecule has 1 aliphatic rings. The van der Waals surface area contributed by atoms with E-state index in [1.807, 2.05) is 24.3 Å². The quantitative estimate of drug-likeness (QED) is 0.642. The van der Waals surface area contributed by atoms with E-state index >= 15 is 0 Å². The molecule has 0 spiro atoms. The Labute approximate surface area is 176 Å². The number of nitrogens with zero attached hydrogens (tertiary/aromatic N) is 3. The van der Waals surface area contributed by atoms with Gasteiger partial charge in [0.1, 0.15) is 12.4 Å². The Kier molecular flexibility index (Phi) is 7.14. The van der Waals surface area contributed by atoms with Crippen molar-refractivity contribution in [2.75, 3.05) is 46.4 Å². The number of hydrogen-bond donors (Lipinski definition) is 2.